The van der Waals surface area contributed by atoms with Gasteiger partial charge in [-0.3, -0.25) is 4.98 Å². The Kier molecular flexibility index (Phi) is 6.23. The fraction of sp³-hybridized carbons (Fsp3) is 0.294. The van der Waals surface area contributed by atoms with Crippen LogP contribution >= 0.6 is 0 Å². The summed E-state index contributed by atoms with van der Waals surface area (Å²) in [5, 5.41) is 6.51. The van der Waals surface area contributed by atoms with E-state index in [1.165, 1.54) is 0 Å². The number of hydrogen-bond donors (Lipinski definition) is 2. The van der Waals surface area contributed by atoms with E-state index in [-0.39, 0.29) is 0 Å². The van der Waals surface area contributed by atoms with E-state index >= 15 is 0 Å². The molecule has 0 aliphatic heterocycles. The number of nitrogens with one attached hydrogen (secondary N) is 2. The van der Waals surface area contributed by atoms with Crippen LogP contribution in [0.5, 0.6) is 5.75 Å². The fourth-order valence-corrected chi connectivity index (χ4v) is 2.02. The van der Waals surface area contributed by atoms with Crippen molar-refractivity contribution in [1.82, 2.24) is 15.6 Å². The van der Waals surface area contributed by atoms with E-state index < -0.39 is 0 Å². The molecule has 5 heteroatoms. The summed E-state index contributed by atoms with van der Waals surface area (Å²) < 4.78 is 5.35. The van der Waals surface area contributed by atoms with Crippen molar-refractivity contribution in [3.05, 3.63) is 59.9 Å². The van der Waals surface area contributed by atoms with E-state index in [0.29, 0.717) is 13.1 Å². The van der Waals surface area contributed by atoms with Crippen molar-refractivity contribution in [3.63, 3.8) is 0 Å². The molecule has 5 nitrogen and oxygen atoms in total. The molecular weight excluding hydrogens is 276 g/mol. The van der Waals surface area contributed by atoms with E-state index in [4.69, 9.17) is 4.74 Å². The van der Waals surface area contributed by atoms with Crippen molar-refractivity contribution >= 4 is 5.96 Å². The molecule has 0 radical (unpaired) electrons. The minimum Gasteiger partial charge on any atom is -0.496 e. The second-order valence-electron chi connectivity index (χ2n) is 4.68. The first-order valence-electron chi connectivity index (χ1n) is 7.37. The maximum absolute atomic E-state index is 5.35. The Hall–Kier alpha value is -2.56. The van der Waals surface area contributed by atoms with Gasteiger partial charge in [-0.05, 0) is 25.1 Å². The van der Waals surface area contributed by atoms with Crippen LogP contribution in [0, 0.1) is 0 Å². The van der Waals surface area contributed by atoms with Gasteiger partial charge in [0.15, 0.2) is 5.96 Å². The van der Waals surface area contributed by atoms with Crippen LogP contribution in [0.15, 0.2) is 53.7 Å². The molecule has 2 rings (SSSR count). The van der Waals surface area contributed by atoms with Crippen LogP contribution in [0.1, 0.15) is 18.2 Å². The number of para-hydroxylation sites is 1. The summed E-state index contributed by atoms with van der Waals surface area (Å²) in [6.45, 7) is 4.04. The molecule has 22 heavy (non-hydrogen) atoms. The number of ether oxygens (including phenoxy) is 1. The Labute approximate surface area is 131 Å². The molecule has 0 atom stereocenters. The Morgan fingerprint density at radius 2 is 1.95 bits per heavy atom. The first-order valence-corrected chi connectivity index (χ1v) is 7.37. The lowest BCUT2D eigenvalue weighted by Crippen LogP contribution is -2.37. The number of guanidine groups is 1. The lowest BCUT2D eigenvalue weighted by Gasteiger charge is -2.12. The fourth-order valence-electron chi connectivity index (χ4n) is 2.02. The monoisotopic (exact) mass is 298 g/mol. The number of hydrogen-bond acceptors (Lipinski definition) is 3. The van der Waals surface area contributed by atoms with Gasteiger partial charge >= 0.3 is 0 Å². The quantitative estimate of drug-likeness (QED) is 0.635. The average Bonchev–Trinajstić information content (AvgIpc) is 2.58. The number of methoxy groups -OCH3 is 1. The second kappa shape index (κ2) is 8.67. The summed E-state index contributed by atoms with van der Waals surface area (Å²) in [4.78, 5) is 8.89. The Morgan fingerprint density at radius 3 is 2.68 bits per heavy atom. The standard InChI is InChI=1S/C17H22N4O/c1-3-18-17(21-13-15-9-6-7-11-19-15)20-12-14-8-4-5-10-16(14)22-2/h4-11H,3,12-13H2,1-2H3,(H2,18,20,21). The number of pyridine rings is 1. The maximum atomic E-state index is 5.35. The third kappa shape index (κ3) is 4.77. The molecule has 0 amide bonds. The second-order valence-corrected chi connectivity index (χ2v) is 4.68. The van der Waals surface area contributed by atoms with Crippen LogP contribution in [-0.2, 0) is 13.1 Å². The summed E-state index contributed by atoms with van der Waals surface area (Å²) in [6, 6.07) is 13.8. The van der Waals surface area contributed by atoms with E-state index in [1.807, 2.05) is 49.4 Å². The van der Waals surface area contributed by atoms with Gasteiger partial charge in [0, 0.05) is 18.3 Å². The summed E-state index contributed by atoms with van der Waals surface area (Å²) in [5.74, 6) is 1.62. The van der Waals surface area contributed by atoms with Crippen molar-refractivity contribution in [1.29, 1.82) is 0 Å². The number of benzene rings is 1. The SMILES string of the molecule is CCNC(=NCc1ccccc1OC)NCc1ccccn1. The molecule has 0 saturated heterocycles. The zero-order chi connectivity index (χ0) is 15.6. The highest BCUT2D eigenvalue weighted by Gasteiger charge is 2.02. The molecule has 0 unspecified atom stereocenters. The lowest BCUT2D eigenvalue weighted by molar-refractivity contribution is 0.410. The molecule has 116 valence electrons. The van der Waals surface area contributed by atoms with Crippen molar-refractivity contribution in [2.24, 2.45) is 4.99 Å². The minimum atomic E-state index is 0.557. The van der Waals surface area contributed by atoms with Crippen molar-refractivity contribution < 1.29 is 4.74 Å². The number of nitrogens with zero attached hydrogens (tertiary/aromatic N) is 2. The lowest BCUT2D eigenvalue weighted by atomic mass is 10.2. The van der Waals surface area contributed by atoms with Crippen LogP contribution in [0.4, 0.5) is 0 Å². The average molecular weight is 298 g/mol. The molecule has 0 spiro atoms. The van der Waals surface area contributed by atoms with Crippen LogP contribution in [0.2, 0.25) is 0 Å². The zero-order valence-corrected chi connectivity index (χ0v) is 13.0. The zero-order valence-electron chi connectivity index (χ0n) is 13.0. The first kappa shape index (κ1) is 15.8. The highest BCUT2D eigenvalue weighted by atomic mass is 16.5. The van der Waals surface area contributed by atoms with Gasteiger partial charge in [0.05, 0.1) is 25.9 Å². The van der Waals surface area contributed by atoms with Gasteiger partial charge in [0.25, 0.3) is 0 Å². The Balaban J connectivity index is 2.00. The van der Waals surface area contributed by atoms with Crippen molar-refractivity contribution in [2.45, 2.75) is 20.0 Å². The van der Waals surface area contributed by atoms with E-state index in [9.17, 15) is 0 Å². The van der Waals surface area contributed by atoms with E-state index in [0.717, 1.165) is 29.5 Å². The summed E-state index contributed by atoms with van der Waals surface area (Å²) in [5.41, 5.74) is 2.03. The van der Waals surface area contributed by atoms with Gasteiger partial charge in [-0.15, -0.1) is 0 Å². The smallest absolute Gasteiger partial charge is 0.191 e. The minimum absolute atomic E-state index is 0.557. The van der Waals surface area contributed by atoms with Gasteiger partial charge in [0.1, 0.15) is 5.75 Å². The van der Waals surface area contributed by atoms with Gasteiger partial charge in [-0.25, -0.2) is 4.99 Å². The molecule has 0 aliphatic carbocycles. The van der Waals surface area contributed by atoms with Gasteiger partial charge in [0.2, 0.25) is 0 Å². The maximum Gasteiger partial charge on any atom is 0.191 e. The molecule has 1 aromatic carbocycles. The molecule has 1 heterocycles. The van der Waals surface area contributed by atoms with Gasteiger partial charge in [-0.1, -0.05) is 24.3 Å². The predicted octanol–water partition coefficient (Wildman–Crippen LogP) is 2.35. The third-order valence-electron chi connectivity index (χ3n) is 3.11. The van der Waals surface area contributed by atoms with Crippen LogP contribution in [0.25, 0.3) is 0 Å². The van der Waals surface area contributed by atoms with Crippen molar-refractivity contribution in [3.8, 4) is 5.75 Å². The van der Waals surface area contributed by atoms with Crippen LogP contribution < -0.4 is 15.4 Å². The van der Waals surface area contributed by atoms with E-state index in [2.05, 4.69) is 20.6 Å². The van der Waals surface area contributed by atoms with Gasteiger partial charge < -0.3 is 15.4 Å². The number of aromatic nitrogens is 1. The first-order chi connectivity index (χ1) is 10.8. The predicted molar refractivity (Wildman–Crippen MR) is 88.9 cm³/mol. The summed E-state index contributed by atoms with van der Waals surface area (Å²) in [7, 11) is 1.67. The molecule has 0 bridgehead atoms. The Morgan fingerprint density at radius 1 is 1.14 bits per heavy atom. The highest BCUT2D eigenvalue weighted by molar-refractivity contribution is 5.79. The topological polar surface area (TPSA) is 58.5 Å². The van der Waals surface area contributed by atoms with Crippen LogP contribution in [-0.4, -0.2) is 24.6 Å². The molecule has 1 aromatic heterocycles. The largest absolute Gasteiger partial charge is 0.496 e. The summed E-state index contributed by atoms with van der Waals surface area (Å²) >= 11 is 0. The normalized spacial score (nSPS) is 11.1. The number of aliphatic imine (C=N–C) groups is 1. The number of rotatable bonds is 6. The van der Waals surface area contributed by atoms with E-state index in [1.54, 1.807) is 13.3 Å². The van der Waals surface area contributed by atoms with Gasteiger partial charge in [-0.2, -0.15) is 0 Å². The Bertz CT molecular complexity index is 599. The molecule has 2 aromatic rings. The summed E-state index contributed by atoms with van der Waals surface area (Å²) in [6.07, 6.45) is 1.79. The third-order valence-corrected chi connectivity index (χ3v) is 3.11. The molecule has 0 saturated carbocycles. The molecule has 2 N–H and O–H groups in total. The molecular formula is C17H22N4O. The molecule has 0 fully saturated rings. The highest BCUT2D eigenvalue weighted by Crippen LogP contribution is 2.17. The van der Waals surface area contributed by atoms with Crippen LogP contribution in [0.3, 0.4) is 0 Å². The molecule has 0 aliphatic rings. The van der Waals surface area contributed by atoms with Crippen molar-refractivity contribution in [2.75, 3.05) is 13.7 Å².